The van der Waals surface area contributed by atoms with Crippen LogP contribution >= 0.6 is 0 Å². The van der Waals surface area contributed by atoms with Crippen molar-refractivity contribution in [3.8, 4) is 5.75 Å². The van der Waals surface area contributed by atoms with E-state index in [0.29, 0.717) is 12.8 Å². The fourth-order valence-electron chi connectivity index (χ4n) is 1.49. The zero-order valence-electron chi connectivity index (χ0n) is 8.49. The highest BCUT2D eigenvalue weighted by molar-refractivity contribution is 6.04. The Bertz CT molecular complexity index is 413. The molecular formula is C11H12N2O2. The van der Waals surface area contributed by atoms with Gasteiger partial charge in [-0.05, 0) is 12.1 Å². The summed E-state index contributed by atoms with van der Waals surface area (Å²) >= 11 is 0. The monoisotopic (exact) mass is 204 g/mol. The van der Waals surface area contributed by atoms with Crippen LogP contribution in [-0.2, 0) is 4.79 Å². The van der Waals surface area contributed by atoms with Gasteiger partial charge < -0.3 is 4.74 Å². The lowest BCUT2D eigenvalue weighted by molar-refractivity contribution is -0.121. The smallest absolute Gasteiger partial charge is 0.240 e. The number of hydrogen-bond acceptors (Lipinski definition) is 3. The van der Waals surface area contributed by atoms with Crippen LogP contribution in [0.25, 0.3) is 0 Å². The molecule has 2 rings (SSSR count). The van der Waals surface area contributed by atoms with E-state index in [9.17, 15) is 4.79 Å². The summed E-state index contributed by atoms with van der Waals surface area (Å²) in [5.41, 5.74) is 4.37. The van der Waals surface area contributed by atoms with Gasteiger partial charge in [0.15, 0.2) is 0 Å². The predicted molar refractivity (Wildman–Crippen MR) is 56.9 cm³/mol. The standard InChI is InChI=1S/C11H12N2O2/c1-15-9-4-2-3-8(7-9)10-5-6-11(14)13-12-10/h2-4,7H,5-6H2,1H3,(H,13,14). The molecule has 15 heavy (non-hydrogen) atoms. The lowest BCUT2D eigenvalue weighted by Gasteiger charge is -2.12. The number of ether oxygens (including phenoxy) is 1. The van der Waals surface area contributed by atoms with Gasteiger partial charge in [-0.1, -0.05) is 12.1 Å². The number of nitrogens with one attached hydrogen (secondary N) is 1. The fraction of sp³-hybridized carbons (Fsp3) is 0.273. The summed E-state index contributed by atoms with van der Waals surface area (Å²) in [6, 6.07) is 7.66. The van der Waals surface area contributed by atoms with E-state index >= 15 is 0 Å². The van der Waals surface area contributed by atoms with E-state index < -0.39 is 0 Å². The van der Waals surface area contributed by atoms with Crippen LogP contribution in [0.2, 0.25) is 0 Å². The number of nitrogens with zero attached hydrogens (tertiary/aromatic N) is 1. The molecule has 0 fully saturated rings. The zero-order valence-corrected chi connectivity index (χ0v) is 8.49. The summed E-state index contributed by atoms with van der Waals surface area (Å²) in [5, 5.41) is 4.02. The molecule has 0 saturated heterocycles. The summed E-state index contributed by atoms with van der Waals surface area (Å²) in [6.07, 6.45) is 1.18. The van der Waals surface area contributed by atoms with Gasteiger partial charge in [-0.25, -0.2) is 5.43 Å². The van der Waals surface area contributed by atoms with E-state index in [-0.39, 0.29) is 5.91 Å². The second-order valence-electron chi connectivity index (χ2n) is 3.33. The molecule has 1 aromatic rings. The largest absolute Gasteiger partial charge is 0.497 e. The maximum atomic E-state index is 10.9. The van der Waals surface area contributed by atoms with E-state index in [4.69, 9.17) is 4.74 Å². The number of rotatable bonds is 2. The second-order valence-corrected chi connectivity index (χ2v) is 3.33. The van der Waals surface area contributed by atoms with Crippen LogP contribution in [0.3, 0.4) is 0 Å². The molecule has 1 aromatic carbocycles. The topological polar surface area (TPSA) is 50.7 Å². The molecule has 1 amide bonds. The van der Waals surface area contributed by atoms with Crippen molar-refractivity contribution in [2.75, 3.05) is 7.11 Å². The van der Waals surface area contributed by atoms with Crippen LogP contribution in [0.15, 0.2) is 29.4 Å². The van der Waals surface area contributed by atoms with Crippen molar-refractivity contribution in [2.45, 2.75) is 12.8 Å². The lowest BCUT2D eigenvalue weighted by Crippen LogP contribution is -2.25. The molecule has 1 N–H and O–H groups in total. The molecule has 0 aliphatic carbocycles. The fourth-order valence-corrected chi connectivity index (χ4v) is 1.49. The third-order valence-electron chi connectivity index (χ3n) is 2.31. The maximum Gasteiger partial charge on any atom is 0.240 e. The average molecular weight is 204 g/mol. The highest BCUT2D eigenvalue weighted by Crippen LogP contribution is 2.16. The van der Waals surface area contributed by atoms with Crippen molar-refractivity contribution < 1.29 is 9.53 Å². The van der Waals surface area contributed by atoms with Gasteiger partial charge in [0.2, 0.25) is 5.91 Å². The molecular weight excluding hydrogens is 192 g/mol. The first-order valence-electron chi connectivity index (χ1n) is 4.79. The van der Waals surface area contributed by atoms with Crippen LogP contribution < -0.4 is 10.2 Å². The Kier molecular flexibility index (Phi) is 2.67. The Morgan fingerprint density at radius 3 is 2.93 bits per heavy atom. The molecule has 0 atom stereocenters. The molecule has 1 heterocycles. The number of amides is 1. The minimum Gasteiger partial charge on any atom is -0.497 e. The van der Waals surface area contributed by atoms with E-state index in [0.717, 1.165) is 17.0 Å². The van der Waals surface area contributed by atoms with Gasteiger partial charge in [-0.15, -0.1) is 0 Å². The number of carbonyl (C=O) groups is 1. The summed E-state index contributed by atoms with van der Waals surface area (Å²) in [7, 11) is 1.63. The number of hydrogen-bond donors (Lipinski definition) is 1. The Hall–Kier alpha value is -1.84. The molecule has 1 aliphatic heterocycles. The van der Waals surface area contributed by atoms with E-state index in [2.05, 4.69) is 10.5 Å². The van der Waals surface area contributed by atoms with Crippen molar-refractivity contribution in [1.82, 2.24) is 5.43 Å². The molecule has 4 heteroatoms. The first-order valence-corrected chi connectivity index (χ1v) is 4.79. The first kappa shape index (κ1) is 9.71. The number of hydrazone groups is 1. The van der Waals surface area contributed by atoms with Crippen LogP contribution in [0.1, 0.15) is 18.4 Å². The second kappa shape index (κ2) is 4.13. The average Bonchev–Trinajstić information content (AvgIpc) is 2.30. The first-order chi connectivity index (χ1) is 7.29. The normalized spacial score (nSPS) is 15.5. The van der Waals surface area contributed by atoms with Crippen LogP contribution in [0.5, 0.6) is 5.75 Å². The number of methoxy groups -OCH3 is 1. The van der Waals surface area contributed by atoms with Crippen LogP contribution in [0.4, 0.5) is 0 Å². The number of carbonyl (C=O) groups excluding carboxylic acids is 1. The summed E-state index contributed by atoms with van der Waals surface area (Å²) in [4.78, 5) is 10.9. The SMILES string of the molecule is COc1cccc(C2=NNC(=O)CC2)c1. The quantitative estimate of drug-likeness (QED) is 0.789. The molecule has 0 aromatic heterocycles. The molecule has 4 nitrogen and oxygen atoms in total. The van der Waals surface area contributed by atoms with E-state index in [1.54, 1.807) is 7.11 Å². The van der Waals surface area contributed by atoms with Gasteiger partial charge >= 0.3 is 0 Å². The molecule has 0 spiro atoms. The molecule has 0 unspecified atom stereocenters. The molecule has 0 radical (unpaired) electrons. The van der Waals surface area contributed by atoms with Crippen molar-refractivity contribution in [3.63, 3.8) is 0 Å². The summed E-state index contributed by atoms with van der Waals surface area (Å²) in [6.45, 7) is 0. The van der Waals surface area contributed by atoms with Gasteiger partial charge in [0.05, 0.1) is 12.8 Å². The van der Waals surface area contributed by atoms with Gasteiger partial charge in [-0.2, -0.15) is 5.10 Å². The molecule has 1 aliphatic rings. The van der Waals surface area contributed by atoms with Crippen molar-refractivity contribution in [3.05, 3.63) is 29.8 Å². The maximum absolute atomic E-state index is 10.9. The Balaban J connectivity index is 2.25. The van der Waals surface area contributed by atoms with Gasteiger partial charge in [0.1, 0.15) is 5.75 Å². The predicted octanol–water partition coefficient (Wildman–Crippen LogP) is 1.31. The summed E-state index contributed by atoms with van der Waals surface area (Å²) in [5.74, 6) is 0.772. The Morgan fingerprint density at radius 2 is 2.27 bits per heavy atom. The van der Waals surface area contributed by atoms with Crippen LogP contribution in [0, 0.1) is 0 Å². The molecule has 0 bridgehead atoms. The van der Waals surface area contributed by atoms with Crippen molar-refractivity contribution in [2.24, 2.45) is 5.10 Å². The molecule has 78 valence electrons. The highest BCUT2D eigenvalue weighted by atomic mass is 16.5. The van der Waals surface area contributed by atoms with E-state index in [1.165, 1.54) is 0 Å². The minimum atomic E-state index is -0.0263. The zero-order chi connectivity index (χ0) is 10.7. The summed E-state index contributed by atoms with van der Waals surface area (Å²) < 4.78 is 5.12. The van der Waals surface area contributed by atoms with Crippen molar-refractivity contribution >= 4 is 11.6 Å². The van der Waals surface area contributed by atoms with Gasteiger partial charge in [0.25, 0.3) is 0 Å². The Morgan fingerprint density at radius 1 is 1.40 bits per heavy atom. The van der Waals surface area contributed by atoms with Gasteiger partial charge in [0, 0.05) is 18.4 Å². The third kappa shape index (κ3) is 2.15. The van der Waals surface area contributed by atoms with Crippen molar-refractivity contribution in [1.29, 1.82) is 0 Å². The Labute approximate surface area is 87.9 Å². The minimum absolute atomic E-state index is 0.0263. The highest BCUT2D eigenvalue weighted by Gasteiger charge is 2.13. The third-order valence-corrected chi connectivity index (χ3v) is 2.31. The van der Waals surface area contributed by atoms with Crippen LogP contribution in [-0.4, -0.2) is 18.7 Å². The number of benzene rings is 1. The lowest BCUT2D eigenvalue weighted by atomic mass is 10.0. The molecule has 0 saturated carbocycles. The van der Waals surface area contributed by atoms with E-state index in [1.807, 2.05) is 24.3 Å². The van der Waals surface area contributed by atoms with Gasteiger partial charge in [-0.3, -0.25) is 4.79 Å².